The third kappa shape index (κ3) is 1.75. The van der Waals surface area contributed by atoms with Crippen LogP contribution in [-0.4, -0.2) is 31.6 Å². The summed E-state index contributed by atoms with van der Waals surface area (Å²) in [4.78, 5) is 13.2. The summed E-state index contributed by atoms with van der Waals surface area (Å²) < 4.78 is 24.9. The molecule has 1 heterocycles. The highest BCUT2D eigenvalue weighted by atomic mass is 32.2. The van der Waals surface area contributed by atoms with E-state index in [2.05, 4.69) is 0 Å². The van der Waals surface area contributed by atoms with Gasteiger partial charge in [0.2, 0.25) is 9.84 Å². The summed E-state index contributed by atoms with van der Waals surface area (Å²) in [7, 11) is -2.02. The zero-order valence-corrected chi connectivity index (χ0v) is 11.4. The first-order valence-electron chi connectivity index (χ1n) is 5.61. The number of benzene rings is 1. The fourth-order valence-electron chi connectivity index (χ4n) is 2.09. The van der Waals surface area contributed by atoms with Gasteiger partial charge in [0.15, 0.2) is 5.37 Å². The van der Waals surface area contributed by atoms with E-state index >= 15 is 0 Å². The molecule has 1 fully saturated rings. The minimum absolute atomic E-state index is 0.209. The number of carbonyl (C=O) groups excluding carboxylic acids is 1. The Balaban J connectivity index is 2.50. The lowest BCUT2D eigenvalue weighted by atomic mass is 10.0. The molecule has 0 radical (unpaired) electrons. The van der Waals surface area contributed by atoms with Crippen molar-refractivity contribution < 1.29 is 13.2 Å². The first kappa shape index (κ1) is 12.8. The van der Waals surface area contributed by atoms with E-state index in [1.165, 1.54) is 11.9 Å². The monoisotopic (exact) mass is 265 g/mol. The van der Waals surface area contributed by atoms with Crippen molar-refractivity contribution in [2.45, 2.75) is 24.1 Å². The molecule has 96 valence electrons. The number of hydrogen-bond acceptors (Lipinski definition) is 3. The molecule has 1 aliphatic rings. The second-order valence-electron chi connectivity index (χ2n) is 4.54. The summed E-state index contributed by atoms with van der Waals surface area (Å²) >= 11 is 0. The van der Waals surface area contributed by atoms with Gasteiger partial charge < -0.3 is 4.90 Å². The molecule has 0 aliphatic carbocycles. The lowest BCUT2D eigenvalue weighted by Gasteiger charge is -2.40. The zero-order chi connectivity index (χ0) is 13.5. The number of rotatable bonds is 2. The van der Waals surface area contributed by atoms with Gasteiger partial charge in [0.25, 0.3) is 5.91 Å². The van der Waals surface area contributed by atoms with Gasteiger partial charge in [0, 0.05) is 7.05 Å². The number of nitrogens with zero attached hydrogens (tertiary/aromatic N) is 1. The second kappa shape index (κ2) is 4.24. The Hall–Kier alpha value is -1.62. The average molecular weight is 265 g/mol. The van der Waals surface area contributed by atoms with Crippen molar-refractivity contribution in [2.24, 2.45) is 0 Å². The molecule has 1 aliphatic heterocycles. The number of amides is 1. The Bertz CT molecular complexity index is 613. The molecule has 1 atom stereocenters. The van der Waals surface area contributed by atoms with Crippen LogP contribution in [0.25, 0.3) is 0 Å². The van der Waals surface area contributed by atoms with E-state index in [-0.39, 0.29) is 10.8 Å². The Morgan fingerprint density at radius 1 is 1.17 bits per heavy atom. The van der Waals surface area contributed by atoms with Gasteiger partial charge in [-0.05, 0) is 26.0 Å². The topological polar surface area (TPSA) is 54.5 Å². The third-order valence-electron chi connectivity index (χ3n) is 3.05. The minimum Gasteiger partial charge on any atom is -0.321 e. The van der Waals surface area contributed by atoms with Crippen LogP contribution in [0, 0.1) is 0 Å². The highest BCUT2D eigenvalue weighted by Crippen LogP contribution is 2.34. The molecule has 1 aromatic rings. The molecule has 5 heteroatoms. The molecule has 1 unspecified atom stereocenters. The van der Waals surface area contributed by atoms with Crippen LogP contribution in [0.4, 0.5) is 0 Å². The first-order chi connectivity index (χ1) is 8.37. The smallest absolute Gasteiger partial charge is 0.253 e. The fourth-order valence-corrected chi connectivity index (χ4v) is 4.05. The van der Waals surface area contributed by atoms with Crippen LogP contribution in [-0.2, 0) is 14.6 Å². The van der Waals surface area contributed by atoms with E-state index in [0.29, 0.717) is 5.57 Å². The minimum atomic E-state index is -3.53. The molecular weight excluding hydrogens is 250 g/mol. The van der Waals surface area contributed by atoms with Crippen molar-refractivity contribution in [2.75, 3.05) is 7.05 Å². The third-order valence-corrected chi connectivity index (χ3v) is 5.12. The Morgan fingerprint density at radius 3 is 2.22 bits per heavy atom. The van der Waals surface area contributed by atoms with Crippen molar-refractivity contribution in [3.63, 3.8) is 0 Å². The largest absolute Gasteiger partial charge is 0.321 e. The van der Waals surface area contributed by atoms with Gasteiger partial charge >= 0.3 is 0 Å². The Kier molecular flexibility index (Phi) is 3.02. The number of allylic oxidation sites excluding steroid dienone is 1. The Labute approximate surface area is 107 Å². The van der Waals surface area contributed by atoms with Crippen LogP contribution in [0.1, 0.15) is 13.8 Å². The van der Waals surface area contributed by atoms with Gasteiger partial charge in [0.05, 0.1) is 10.5 Å². The zero-order valence-electron chi connectivity index (χ0n) is 10.5. The maximum atomic E-state index is 12.5. The lowest BCUT2D eigenvalue weighted by molar-refractivity contribution is -0.132. The molecule has 0 spiro atoms. The molecule has 1 saturated heterocycles. The van der Waals surface area contributed by atoms with Crippen molar-refractivity contribution in [1.29, 1.82) is 0 Å². The van der Waals surface area contributed by atoms with Crippen LogP contribution >= 0.6 is 0 Å². The average Bonchev–Trinajstić information content (AvgIpc) is 2.34. The highest BCUT2D eigenvalue weighted by Gasteiger charge is 2.48. The van der Waals surface area contributed by atoms with E-state index in [1.54, 1.807) is 44.2 Å². The van der Waals surface area contributed by atoms with Gasteiger partial charge in [-0.1, -0.05) is 23.8 Å². The molecule has 0 aromatic heterocycles. The number of sulfone groups is 1. The van der Waals surface area contributed by atoms with Crippen LogP contribution in [0.15, 0.2) is 46.4 Å². The molecule has 18 heavy (non-hydrogen) atoms. The maximum Gasteiger partial charge on any atom is 0.253 e. The predicted octanol–water partition coefficient (Wildman–Crippen LogP) is 1.59. The van der Waals surface area contributed by atoms with E-state index in [0.717, 1.165) is 5.57 Å². The standard InChI is InChI=1S/C13H15NO3S/c1-9(2)11-12(15)14(3)13(11)18(16,17)10-7-5-4-6-8-10/h4-8,13H,1-3H3. The quantitative estimate of drug-likeness (QED) is 0.603. The van der Waals surface area contributed by atoms with Gasteiger partial charge in [-0.2, -0.15) is 0 Å². The predicted molar refractivity (Wildman–Crippen MR) is 68.6 cm³/mol. The van der Waals surface area contributed by atoms with Crippen LogP contribution < -0.4 is 0 Å². The SMILES string of the molecule is CC(C)=C1C(=O)N(C)C1S(=O)(=O)c1ccccc1. The van der Waals surface area contributed by atoms with Crippen LogP contribution in [0.3, 0.4) is 0 Å². The molecule has 4 nitrogen and oxygen atoms in total. The van der Waals surface area contributed by atoms with Gasteiger partial charge in [0.1, 0.15) is 0 Å². The molecule has 0 N–H and O–H groups in total. The summed E-state index contributed by atoms with van der Waals surface area (Å²) in [5.41, 5.74) is 1.14. The summed E-state index contributed by atoms with van der Waals surface area (Å²) in [6.07, 6.45) is 0. The number of carbonyl (C=O) groups is 1. The van der Waals surface area contributed by atoms with Gasteiger partial charge in [-0.25, -0.2) is 8.42 Å². The highest BCUT2D eigenvalue weighted by molar-refractivity contribution is 7.92. The summed E-state index contributed by atoms with van der Waals surface area (Å²) in [6.45, 7) is 3.52. The van der Waals surface area contributed by atoms with Crippen molar-refractivity contribution in [3.05, 3.63) is 41.5 Å². The molecule has 1 aromatic carbocycles. The second-order valence-corrected chi connectivity index (χ2v) is 6.55. The van der Waals surface area contributed by atoms with Crippen molar-refractivity contribution >= 4 is 15.7 Å². The van der Waals surface area contributed by atoms with E-state index < -0.39 is 15.2 Å². The molecule has 0 bridgehead atoms. The molecular formula is C13H15NO3S. The van der Waals surface area contributed by atoms with Crippen molar-refractivity contribution in [3.8, 4) is 0 Å². The normalized spacial score (nSPS) is 19.7. The maximum absolute atomic E-state index is 12.5. The fraction of sp³-hybridized carbons (Fsp3) is 0.308. The summed E-state index contributed by atoms with van der Waals surface area (Å²) in [5.74, 6) is -0.209. The molecule has 1 amide bonds. The number of hydrogen-bond donors (Lipinski definition) is 0. The molecule has 2 rings (SSSR count). The number of likely N-dealkylation sites (tertiary alicyclic amines) is 1. The van der Waals surface area contributed by atoms with E-state index in [1.807, 2.05) is 0 Å². The van der Waals surface area contributed by atoms with Crippen LogP contribution in [0.5, 0.6) is 0 Å². The van der Waals surface area contributed by atoms with Crippen molar-refractivity contribution in [1.82, 2.24) is 4.90 Å². The van der Waals surface area contributed by atoms with E-state index in [4.69, 9.17) is 0 Å². The number of β-lactam (4-membered cyclic amide) rings is 1. The lowest BCUT2D eigenvalue weighted by Crippen LogP contribution is -2.56. The summed E-state index contributed by atoms with van der Waals surface area (Å²) in [5, 5.41) is -0.850. The first-order valence-corrected chi connectivity index (χ1v) is 7.15. The van der Waals surface area contributed by atoms with Gasteiger partial charge in [-0.15, -0.1) is 0 Å². The summed E-state index contributed by atoms with van der Waals surface area (Å²) in [6, 6.07) is 8.21. The van der Waals surface area contributed by atoms with Crippen LogP contribution in [0.2, 0.25) is 0 Å². The van der Waals surface area contributed by atoms with Gasteiger partial charge in [-0.3, -0.25) is 4.79 Å². The Morgan fingerprint density at radius 2 is 1.72 bits per heavy atom. The van der Waals surface area contributed by atoms with E-state index in [9.17, 15) is 13.2 Å². The molecule has 0 saturated carbocycles. The number of likely N-dealkylation sites (N-methyl/N-ethyl adjacent to an activating group) is 1.